The van der Waals surface area contributed by atoms with Crippen LogP contribution in [0.2, 0.25) is 0 Å². The van der Waals surface area contributed by atoms with E-state index in [1.807, 2.05) is 41.9 Å². The van der Waals surface area contributed by atoms with E-state index in [2.05, 4.69) is 11.1 Å². The van der Waals surface area contributed by atoms with Gasteiger partial charge in [0.15, 0.2) is 0 Å². The van der Waals surface area contributed by atoms with Crippen LogP contribution < -0.4 is 5.56 Å². The van der Waals surface area contributed by atoms with Crippen molar-refractivity contribution in [3.63, 3.8) is 0 Å². The minimum absolute atomic E-state index is 0.00259. The molecule has 6 heteroatoms. The molecular formula is C21H20N4O2. The quantitative estimate of drug-likeness (QED) is 0.551. The van der Waals surface area contributed by atoms with Crippen molar-refractivity contribution in [2.45, 2.75) is 18.8 Å². The zero-order valence-electron chi connectivity index (χ0n) is 15.1. The van der Waals surface area contributed by atoms with Gasteiger partial charge in [0.2, 0.25) is 0 Å². The molecule has 0 amide bonds. The van der Waals surface area contributed by atoms with E-state index in [0.29, 0.717) is 11.3 Å². The van der Waals surface area contributed by atoms with E-state index >= 15 is 0 Å². The third-order valence-corrected chi connectivity index (χ3v) is 5.47. The van der Waals surface area contributed by atoms with Crippen LogP contribution in [0.5, 0.6) is 0 Å². The zero-order valence-corrected chi connectivity index (χ0v) is 15.1. The summed E-state index contributed by atoms with van der Waals surface area (Å²) in [7, 11) is 1.81. The first-order valence-electron chi connectivity index (χ1n) is 9.23. The molecule has 0 atom stereocenters. The number of hydrogen-bond donors (Lipinski definition) is 0. The second kappa shape index (κ2) is 6.32. The number of rotatable bonds is 2. The Labute approximate surface area is 156 Å². The highest BCUT2D eigenvalue weighted by atomic mass is 16.5. The second-order valence-corrected chi connectivity index (χ2v) is 7.06. The van der Waals surface area contributed by atoms with Crippen LogP contribution in [0.4, 0.5) is 0 Å². The van der Waals surface area contributed by atoms with Gasteiger partial charge in [-0.3, -0.25) is 14.3 Å². The highest BCUT2D eigenvalue weighted by Gasteiger charge is 2.21. The fourth-order valence-corrected chi connectivity index (χ4v) is 3.89. The zero-order chi connectivity index (χ0) is 18.4. The molecule has 0 saturated carbocycles. The van der Waals surface area contributed by atoms with E-state index in [4.69, 9.17) is 9.84 Å². The van der Waals surface area contributed by atoms with Crippen molar-refractivity contribution >= 4 is 16.6 Å². The lowest BCUT2D eigenvalue weighted by Crippen LogP contribution is -2.19. The van der Waals surface area contributed by atoms with Gasteiger partial charge in [-0.25, -0.2) is 4.52 Å². The number of hydrogen-bond acceptors (Lipinski definition) is 4. The Kier molecular flexibility index (Phi) is 3.79. The number of nitrogens with zero attached hydrogens (tertiary/aromatic N) is 4. The standard InChI is InChI=1S/C21H20N4O2/c1-24-20-13-18(15-6-10-27-11-7-15)23-25(20)19-12-16(2-3-17(19)21(24)26)14-4-8-22-9-5-14/h2-5,8-9,12-13,15H,6-7,10-11H2,1H3. The highest BCUT2D eigenvalue weighted by molar-refractivity contribution is 5.85. The highest BCUT2D eigenvalue weighted by Crippen LogP contribution is 2.28. The maximum atomic E-state index is 12.9. The molecule has 1 fully saturated rings. The van der Waals surface area contributed by atoms with E-state index in [1.54, 1.807) is 17.0 Å². The Bertz CT molecular complexity index is 1190. The van der Waals surface area contributed by atoms with Crippen LogP contribution in [0.25, 0.3) is 27.7 Å². The predicted molar refractivity (Wildman–Crippen MR) is 104 cm³/mol. The van der Waals surface area contributed by atoms with Gasteiger partial charge in [-0.2, -0.15) is 5.10 Å². The summed E-state index contributed by atoms with van der Waals surface area (Å²) in [5.41, 5.74) is 4.80. The number of ether oxygens (including phenoxy) is 1. The van der Waals surface area contributed by atoms with E-state index in [-0.39, 0.29) is 5.56 Å². The molecule has 4 heterocycles. The van der Waals surface area contributed by atoms with Gasteiger partial charge in [-0.1, -0.05) is 6.07 Å². The van der Waals surface area contributed by atoms with Crippen molar-refractivity contribution in [3.05, 3.63) is 64.8 Å². The van der Waals surface area contributed by atoms with Crippen molar-refractivity contribution in [1.29, 1.82) is 0 Å². The van der Waals surface area contributed by atoms with Crippen molar-refractivity contribution in [2.75, 3.05) is 13.2 Å². The van der Waals surface area contributed by atoms with Gasteiger partial charge in [0, 0.05) is 44.6 Å². The molecule has 0 N–H and O–H groups in total. The molecule has 27 heavy (non-hydrogen) atoms. The van der Waals surface area contributed by atoms with Crippen molar-refractivity contribution < 1.29 is 4.74 Å². The monoisotopic (exact) mass is 360 g/mol. The Balaban J connectivity index is 1.76. The van der Waals surface area contributed by atoms with Gasteiger partial charge in [0.25, 0.3) is 5.56 Å². The van der Waals surface area contributed by atoms with E-state index in [0.717, 1.165) is 54.0 Å². The Hall–Kier alpha value is -2.99. The predicted octanol–water partition coefficient (Wildman–Crippen LogP) is 3.14. The lowest BCUT2D eigenvalue weighted by atomic mass is 9.97. The third kappa shape index (κ3) is 2.64. The normalized spacial score (nSPS) is 15.6. The van der Waals surface area contributed by atoms with Gasteiger partial charge < -0.3 is 4.74 Å². The summed E-state index contributed by atoms with van der Waals surface area (Å²) in [6.07, 6.45) is 5.49. The Morgan fingerprint density at radius 1 is 1.04 bits per heavy atom. The maximum absolute atomic E-state index is 12.9. The van der Waals surface area contributed by atoms with Crippen LogP contribution in [0.3, 0.4) is 0 Å². The van der Waals surface area contributed by atoms with Crippen LogP contribution in [-0.2, 0) is 11.8 Å². The summed E-state index contributed by atoms with van der Waals surface area (Å²) in [6, 6.07) is 11.9. The lowest BCUT2D eigenvalue weighted by molar-refractivity contribution is 0.0844. The molecule has 3 aromatic heterocycles. The first kappa shape index (κ1) is 16.2. The first-order chi connectivity index (χ1) is 13.2. The van der Waals surface area contributed by atoms with Crippen molar-refractivity contribution in [3.8, 4) is 11.1 Å². The van der Waals surface area contributed by atoms with Gasteiger partial charge in [0.1, 0.15) is 5.65 Å². The molecule has 4 aromatic rings. The summed E-state index contributed by atoms with van der Waals surface area (Å²) < 4.78 is 9.07. The van der Waals surface area contributed by atoms with Crippen LogP contribution >= 0.6 is 0 Å². The van der Waals surface area contributed by atoms with E-state index in [9.17, 15) is 4.79 Å². The lowest BCUT2D eigenvalue weighted by Gasteiger charge is -2.19. The number of benzene rings is 1. The molecule has 1 aliphatic rings. The topological polar surface area (TPSA) is 61.4 Å². The molecule has 1 saturated heterocycles. The average Bonchev–Trinajstić information content (AvgIpc) is 3.19. The molecule has 0 bridgehead atoms. The molecule has 0 spiro atoms. The molecule has 1 aromatic carbocycles. The van der Waals surface area contributed by atoms with E-state index < -0.39 is 0 Å². The Morgan fingerprint density at radius 2 is 1.81 bits per heavy atom. The second-order valence-electron chi connectivity index (χ2n) is 7.06. The van der Waals surface area contributed by atoms with Crippen molar-refractivity contribution in [2.24, 2.45) is 7.05 Å². The number of aromatic nitrogens is 4. The molecule has 0 radical (unpaired) electrons. The minimum atomic E-state index is -0.00259. The first-order valence-corrected chi connectivity index (χ1v) is 9.23. The number of fused-ring (bicyclic) bond motifs is 3. The average molecular weight is 360 g/mol. The number of aryl methyl sites for hydroxylation is 1. The minimum Gasteiger partial charge on any atom is -0.381 e. The van der Waals surface area contributed by atoms with Crippen molar-refractivity contribution in [1.82, 2.24) is 19.2 Å². The van der Waals surface area contributed by atoms with Gasteiger partial charge in [-0.05, 0) is 48.2 Å². The Morgan fingerprint density at radius 3 is 2.59 bits per heavy atom. The molecule has 136 valence electrons. The summed E-state index contributed by atoms with van der Waals surface area (Å²) in [5, 5.41) is 5.56. The number of pyridine rings is 1. The van der Waals surface area contributed by atoms with Crippen LogP contribution in [0, 0.1) is 0 Å². The summed E-state index contributed by atoms with van der Waals surface area (Å²) >= 11 is 0. The summed E-state index contributed by atoms with van der Waals surface area (Å²) in [5.74, 6) is 0.382. The molecule has 1 aliphatic heterocycles. The molecule has 0 unspecified atom stereocenters. The van der Waals surface area contributed by atoms with Gasteiger partial charge >= 0.3 is 0 Å². The van der Waals surface area contributed by atoms with Gasteiger partial charge in [-0.15, -0.1) is 0 Å². The van der Waals surface area contributed by atoms with Crippen LogP contribution in [0.1, 0.15) is 24.5 Å². The molecule has 5 rings (SSSR count). The van der Waals surface area contributed by atoms with E-state index in [1.165, 1.54) is 0 Å². The van der Waals surface area contributed by atoms with Crippen LogP contribution in [0.15, 0.2) is 53.6 Å². The smallest absolute Gasteiger partial charge is 0.261 e. The summed E-state index contributed by atoms with van der Waals surface area (Å²) in [4.78, 5) is 17.0. The molecular weight excluding hydrogens is 340 g/mol. The molecule has 0 aliphatic carbocycles. The maximum Gasteiger partial charge on any atom is 0.261 e. The molecule has 6 nitrogen and oxygen atoms in total. The fourth-order valence-electron chi connectivity index (χ4n) is 3.89. The van der Waals surface area contributed by atoms with Gasteiger partial charge in [0.05, 0.1) is 16.6 Å². The SMILES string of the molecule is Cn1c(=O)c2ccc(-c3ccncc3)cc2n2nc(C3CCOCC3)cc12. The third-order valence-electron chi connectivity index (χ3n) is 5.47. The fraction of sp³-hybridized carbons (Fsp3) is 0.286. The van der Waals surface area contributed by atoms with Crippen LogP contribution in [-0.4, -0.2) is 32.4 Å². The summed E-state index contributed by atoms with van der Waals surface area (Å²) in [6.45, 7) is 1.54. The largest absolute Gasteiger partial charge is 0.381 e.